The maximum atomic E-state index is 11.7. The monoisotopic (exact) mass is 253 g/mol. The second kappa shape index (κ2) is 4.88. The van der Waals surface area contributed by atoms with Gasteiger partial charge in [-0.3, -0.25) is 0 Å². The van der Waals surface area contributed by atoms with Crippen LogP contribution in [0.4, 0.5) is 4.79 Å². The van der Waals surface area contributed by atoms with Crippen LogP contribution in [0.1, 0.15) is 27.2 Å². The Bertz CT molecular complexity index is 422. The zero-order chi connectivity index (χ0) is 13.2. The molecule has 2 heterocycles. The van der Waals surface area contributed by atoms with Gasteiger partial charge in [0.05, 0.1) is 25.4 Å². The van der Waals surface area contributed by atoms with E-state index >= 15 is 0 Å². The van der Waals surface area contributed by atoms with Gasteiger partial charge in [-0.05, 0) is 20.8 Å². The summed E-state index contributed by atoms with van der Waals surface area (Å²) >= 11 is 0. The van der Waals surface area contributed by atoms with E-state index in [1.165, 1.54) is 0 Å². The first kappa shape index (κ1) is 12.7. The van der Waals surface area contributed by atoms with Gasteiger partial charge < -0.3 is 14.8 Å². The number of rotatable bonds is 1. The zero-order valence-electron chi connectivity index (χ0n) is 11.0. The second-order valence-corrected chi connectivity index (χ2v) is 5.33. The molecule has 1 amide bonds. The van der Waals surface area contributed by atoms with Crippen LogP contribution in [0.5, 0.6) is 5.88 Å². The van der Waals surface area contributed by atoms with Gasteiger partial charge in [-0.15, -0.1) is 0 Å². The van der Waals surface area contributed by atoms with Crippen LogP contribution in [0.25, 0.3) is 0 Å². The quantitative estimate of drug-likeness (QED) is 0.824. The number of alkyl carbamates (subject to hydrolysis) is 1. The van der Waals surface area contributed by atoms with E-state index in [1.807, 2.05) is 26.8 Å². The van der Waals surface area contributed by atoms with Crippen molar-refractivity contribution in [1.29, 1.82) is 0 Å². The highest BCUT2D eigenvalue weighted by Gasteiger charge is 2.22. The molecular formula is C12H19N3O3. The number of nitrogens with one attached hydrogen (secondary N) is 1. The Balaban J connectivity index is 1.93. The molecule has 0 bridgehead atoms. The molecule has 1 aliphatic heterocycles. The van der Waals surface area contributed by atoms with Crippen molar-refractivity contribution in [3.63, 3.8) is 0 Å². The van der Waals surface area contributed by atoms with Crippen LogP contribution < -0.4 is 10.1 Å². The normalized spacial score (nSPS) is 19.4. The van der Waals surface area contributed by atoms with Gasteiger partial charge in [0.25, 0.3) is 0 Å². The van der Waals surface area contributed by atoms with Crippen LogP contribution in [0.2, 0.25) is 0 Å². The fourth-order valence-electron chi connectivity index (χ4n) is 1.78. The minimum atomic E-state index is -0.484. The van der Waals surface area contributed by atoms with Crippen molar-refractivity contribution in [1.82, 2.24) is 15.1 Å². The Morgan fingerprint density at radius 2 is 2.39 bits per heavy atom. The third kappa shape index (κ3) is 3.38. The van der Waals surface area contributed by atoms with Gasteiger partial charge >= 0.3 is 6.09 Å². The van der Waals surface area contributed by atoms with Crippen LogP contribution in [-0.4, -0.2) is 34.1 Å². The summed E-state index contributed by atoms with van der Waals surface area (Å²) in [5.41, 5.74) is -0.484. The topological polar surface area (TPSA) is 65.4 Å². The van der Waals surface area contributed by atoms with Gasteiger partial charge in [0.15, 0.2) is 0 Å². The van der Waals surface area contributed by atoms with Gasteiger partial charge in [-0.1, -0.05) is 0 Å². The summed E-state index contributed by atoms with van der Waals surface area (Å²) in [7, 11) is 0. The maximum absolute atomic E-state index is 11.7. The molecule has 1 aromatic rings. The molecule has 0 spiro atoms. The van der Waals surface area contributed by atoms with Crippen LogP contribution in [0.3, 0.4) is 0 Å². The number of carbonyl (C=O) groups is 1. The number of nitrogens with zero attached hydrogens (tertiary/aromatic N) is 2. The number of fused-ring (bicyclic) bond motifs is 1. The van der Waals surface area contributed by atoms with Gasteiger partial charge in [0, 0.05) is 12.5 Å². The summed E-state index contributed by atoms with van der Waals surface area (Å²) in [6.45, 7) is 6.69. The van der Waals surface area contributed by atoms with E-state index in [2.05, 4.69) is 10.4 Å². The first-order chi connectivity index (χ1) is 8.44. The lowest BCUT2D eigenvalue weighted by atomic mass is 10.2. The van der Waals surface area contributed by atoms with E-state index in [9.17, 15) is 4.79 Å². The molecule has 6 nitrogen and oxygen atoms in total. The first-order valence-corrected chi connectivity index (χ1v) is 6.08. The summed E-state index contributed by atoms with van der Waals surface area (Å²) in [6, 6.07) is 1.79. The molecule has 2 rings (SSSR count). The van der Waals surface area contributed by atoms with Crippen LogP contribution in [0, 0.1) is 0 Å². The smallest absolute Gasteiger partial charge is 0.407 e. The average molecular weight is 253 g/mol. The van der Waals surface area contributed by atoms with Crippen molar-refractivity contribution in [2.24, 2.45) is 0 Å². The Hall–Kier alpha value is -1.72. The molecule has 100 valence electrons. The Kier molecular flexibility index (Phi) is 3.45. The van der Waals surface area contributed by atoms with Crippen molar-refractivity contribution < 1.29 is 14.3 Å². The highest BCUT2D eigenvalue weighted by molar-refractivity contribution is 5.68. The Labute approximate surface area is 106 Å². The molecule has 0 saturated carbocycles. The van der Waals surface area contributed by atoms with Crippen molar-refractivity contribution in [3.8, 4) is 5.88 Å². The molecule has 18 heavy (non-hydrogen) atoms. The minimum Gasteiger partial charge on any atom is -0.478 e. The van der Waals surface area contributed by atoms with Crippen molar-refractivity contribution in [2.45, 2.75) is 45.4 Å². The van der Waals surface area contributed by atoms with Crippen molar-refractivity contribution in [2.75, 3.05) is 6.61 Å². The molecule has 1 unspecified atom stereocenters. The fraction of sp³-hybridized carbons (Fsp3) is 0.667. The van der Waals surface area contributed by atoms with Crippen LogP contribution in [-0.2, 0) is 11.3 Å². The molecule has 1 aromatic heterocycles. The molecule has 0 saturated heterocycles. The SMILES string of the molecule is CC(C)(C)OC(=O)NC1CCOc2ccnn2C1. The van der Waals surface area contributed by atoms with Crippen LogP contribution >= 0.6 is 0 Å². The lowest BCUT2D eigenvalue weighted by Gasteiger charge is -2.22. The average Bonchev–Trinajstić information content (AvgIpc) is 2.55. The van der Waals surface area contributed by atoms with Gasteiger partial charge in [0.2, 0.25) is 5.88 Å². The van der Waals surface area contributed by atoms with Crippen LogP contribution in [0.15, 0.2) is 12.3 Å². The molecule has 0 aliphatic carbocycles. The van der Waals surface area contributed by atoms with E-state index in [4.69, 9.17) is 9.47 Å². The lowest BCUT2D eigenvalue weighted by Crippen LogP contribution is -2.41. The van der Waals surface area contributed by atoms with E-state index in [0.29, 0.717) is 13.2 Å². The van der Waals surface area contributed by atoms with Crippen molar-refractivity contribution in [3.05, 3.63) is 12.3 Å². The molecule has 1 atom stereocenters. The number of hydrogen-bond donors (Lipinski definition) is 1. The maximum Gasteiger partial charge on any atom is 0.407 e. The standard InChI is InChI=1S/C12H19N3O3/c1-12(2,3)18-11(16)14-9-5-7-17-10-4-6-13-15(10)8-9/h4,6,9H,5,7-8H2,1-3H3,(H,14,16). The molecule has 0 aromatic carbocycles. The summed E-state index contributed by atoms with van der Waals surface area (Å²) in [5.74, 6) is 0.739. The number of aromatic nitrogens is 2. The fourth-order valence-corrected chi connectivity index (χ4v) is 1.78. The van der Waals surface area contributed by atoms with Crippen molar-refractivity contribution >= 4 is 6.09 Å². The first-order valence-electron chi connectivity index (χ1n) is 6.08. The van der Waals surface area contributed by atoms with Gasteiger partial charge in [0.1, 0.15) is 5.60 Å². The molecular weight excluding hydrogens is 234 g/mol. The number of amides is 1. The van der Waals surface area contributed by atoms with E-state index < -0.39 is 11.7 Å². The number of hydrogen-bond acceptors (Lipinski definition) is 4. The number of carbonyl (C=O) groups excluding carboxylic acids is 1. The van der Waals surface area contributed by atoms with E-state index in [-0.39, 0.29) is 6.04 Å². The lowest BCUT2D eigenvalue weighted by molar-refractivity contribution is 0.0496. The van der Waals surface area contributed by atoms with E-state index in [1.54, 1.807) is 10.9 Å². The summed E-state index contributed by atoms with van der Waals surface area (Å²) in [4.78, 5) is 11.7. The van der Waals surface area contributed by atoms with E-state index in [0.717, 1.165) is 12.3 Å². The Morgan fingerprint density at radius 1 is 1.61 bits per heavy atom. The summed E-state index contributed by atoms with van der Waals surface area (Å²) < 4.78 is 12.5. The largest absolute Gasteiger partial charge is 0.478 e. The zero-order valence-corrected chi connectivity index (χ0v) is 11.0. The highest BCUT2D eigenvalue weighted by Crippen LogP contribution is 2.16. The van der Waals surface area contributed by atoms with Gasteiger partial charge in [-0.25, -0.2) is 9.48 Å². The third-order valence-corrected chi connectivity index (χ3v) is 2.51. The molecule has 1 N–H and O–H groups in total. The molecule has 0 fully saturated rings. The molecule has 0 radical (unpaired) electrons. The molecule has 6 heteroatoms. The highest BCUT2D eigenvalue weighted by atomic mass is 16.6. The third-order valence-electron chi connectivity index (χ3n) is 2.51. The number of ether oxygens (including phenoxy) is 2. The molecule has 1 aliphatic rings. The Morgan fingerprint density at radius 3 is 3.11 bits per heavy atom. The second-order valence-electron chi connectivity index (χ2n) is 5.33. The predicted molar refractivity (Wildman–Crippen MR) is 65.5 cm³/mol. The summed E-state index contributed by atoms with van der Waals surface area (Å²) in [6.07, 6.45) is 2.02. The van der Waals surface area contributed by atoms with Gasteiger partial charge in [-0.2, -0.15) is 5.10 Å². The minimum absolute atomic E-state index is 0.0269. The predicted octanol–water partition coefficient (Wildman–Crippen LogP) is 1.56. The summed E-state index contributed by atoms with van der Waals surface area (Å²) in [5, 5.41) is 6.99.